The molecule has 4 heterocycles. The van der Waals surface area contributed by atoms with Crippen LogP contribution in [0, 0.1) is 0 Å². The number of pyridine rings is 1. The second-order valence-electron chi connectivity index (χ2n) is 8.23. The molecule has 4 aromatic rings. The van der Waals surface area contributed by atoms with E-state index in [9.17, 15) is 4.79 Å². The summed E-state index contributed by atoms with van der Waals surface area (Å²) in [6.45, 7) is 3.70. The van der Waals surface area contributed by atoms with Crippen LogP contribution in [-0.4, -0.2) is 49.2 Å². The molecule has 3 aromatic heterocycles. The van der Waals surface area contributed by atoms with Crippen LogP contribution in [0.3, 0.4) is 0 Å². The molecule has 1 amide bonds. The molecule has 5 rings (SSSR count). The summed E-state index contributed by atoms with van der Waals surface area (Å²) in [6.07, 6.45) is 4.73. The van der Waals surface area contributed by atoms with Gasteiger partial charge in [-0.25, -0.2) is 4.98 Å². The van der Waals surface area contributed by atoms with Crippen molar-refractivity contribution >= 4 is 55.4 Å². The van der Waals surface area contributed by atoms with Crippen LogP contribution in [0.15, 0.2) is 36.7 Å². The number of rotatable bonds is 9. The summed E-state index contributed by atoms with van der Waals surface area (Å²) in [5, 5.41) is 12.3. The van der Waals surface area contributed by atoms with Crippen LogP contribution in [0.4, 0.5) is 5.00 Å². The summed E-state index contributed by atoms with van der Waals surface area (Å²) >= 11 is 9.68. The molecule has 0 unspecified atom stereocenters. The topological polar surface area (TPSA) is 88.2 Å². The molecule has 0 radical (unpaired) electrons. The lowest BCUT2D eigenvalue weighted by molar-refractivity contribution is -0.116. The fraction of sp³-hybridized carbons (Fsp3) is 0.320. The van der Waals surface area contributed by atoms with Crippen LogP contribution in [0.5, 0.6) is 0 Å². The highest BCUT2D eigenvalue weighted by atomic mass is 35.5. The largest absolute Gasteiger partial charge is 0.383 e. The van der Waals surface area contributed by atoms with Crippen molar-refractivity contribution in [1.29, 1.82) is 0 Å². The number of aromatic nitrogens is 2. The van der Waals surface area contributed by atoms with Crippen molar-refractivity contribution in [2.24, 2.45) is 0 Å². The number of ether oxygens (including phenoxy) is 1. The standard InChI is InChI=1S/C25H26ClN5O2S2/c1-33-11-10-27-9-6-22(32)31-25-23(17-5-8-29-14-21(17)35-25)24-30-19-3-2-15(12-20(19)34-24)16-4-7-28-13-18(16)26/h2-4,7,12-13,27,29H,5-6,8-11,14H2,1H3,(H,31,32). The zero-order valence-corrected chi connectivity index (χ0v) is 21.7. The van der Waals surface area contributed by atoms with Crippen molar-refractivity contribution < 1.29 is 9.53 Å². The minimum atomic E-state index is -0.00144. The number of carbonyl (C=O) groups excluding carboxylic acids is 1. The van der Waals surface area contributed by atoms with Gasteiger partial charge in [0.05, 0.1) is 21.8 Å². The number of methoxy groups -OCH3 is 1. The van der Waals surface area contributed by atoms with Gasteiger partial charge in [0.1, 0.15) is 10.0 Å². The molecule has 182 valence electrons. The molecular weight excluding hydrogens is 502 g/mol. The Balaban J connectivity index is 1.44. The van der Waals surface area contributed by atoms with Gasteiger partial charge in [0.15, 0.2) is 0 Å². The third-order valence-electron chi connectivity index (χ3n) is 5.88. The summed E-state index contributed by atoms with van der Waals surface area (Å²) in [5.74, 6) is -0.00144. The van der Waals surface area contributed by atoms with Gasteiger partial charge in [0, 0.05) is 61.6 Å². The first-order chi connectivity index (χ1) is 17.1. The summed E-state index contributed by atoms with van der Waals surface area (Å²) in [6, 6.07) is 8.12. The lowest BCUT2D eigenvalue weighted by Crippen LogP contribution is -2.24. The smallest absolute Gasteiger partial charge is 0.226 e. The lowest BCUT2D eigenvalue weighted by atomic mass is 10.0. The Bertz CT molecular complexity index is 1350. The Morgan fingerprint density at radius 3 is 3.03 bits per heavy atom. The molecule has 10 heteroatoms. The van der Waals surface area contributed by atoms with Gasteiger partial charge in [0.2, 0.25) is 5.91 Å². The number of benzene rings is 1. The number of thiophene rings is 1. The third kappa shape index (κ3) is 5.40. The van der Waals surface area contributed by atoms with Gasteiger partial charge in [-0.05, 0) is 42.3 Å². The highest BCUT2D eigenvalue weighted by Crippen LogP contribution is 2.45. The Labute approximate surface area is 216 Å². The number of fused-ring (bicyclic) bond motifs is 2. The van der Waals surface area contributed by atoms with Crippen LogP contribution in [0.1, 0.15) is 16.9 Å². The van der Waals surface area contributed by atoms with Gasteiger partial charge in [-0.2, -0.15) is 0 Å². The van der Waals surface area contributed by atoms with E-state index in [1.165, 1.54) is 10.4 Å². The number of anilines is 1. The molecule has 0 atom stereocenters. The average Bonchev–Trinajstić information content (AvgIpc) is 3.44. The van der Waals surface area contributed by atoms with E-state index in [2.05, 4.69) is 27.0 Å². The molecule has 1 aliphatic heterocycles. The van der Waals surface area contributed by atoms with E-state index in [0.717, 1.165) is 63.0 Å². The number of carbonyl (C=O) groups is 1. The van der Waals surface area contributed by atoms with Crippen LogP contribution in [0.2, 0.25) is 5.02 Å². The van der Waals surface area contributed by atoms with Crippen molar-refractivity contribution in [2.45, 2.75) is 19.4 Å². The van der Waals surface area contributed by atoms with E-state index in [-0.39, 0.29) is 5.91 Å². The van der Waals surface area contributed by atoms with E-state index in [0.29, 0.717) is 24.6 Å². The molecule has 1 aromatic carbocycles. The molecule has 0 saturated carbocycles. The highest BCUT2D eigenvalue weighted by Gasteiger charge is 2.25. The predicted octanol–water partition coefficient (Wildman–Crippen LogP) is 4.95. The van der Waals surface area contributed by atoms with Crippen molar-refractivity contribution in [3.05, 3.63) is 52.1 Å². The molecule has 0 fully saturated rings. The first kappa shape index (κ1) is 24.3. The second-order valence-corrected chi connectivity index (χ2v) is 10.8. The maximum Gasteiger partial charge on any atom is 0.226 e. The fourth-order valence-electron chi connectivity index (χ4n) is 4.15. The molecular formula is C25H26ClN5O2S2. The second kappa shape index (κ2) is 11.1. The van der Waals surface area contributed by atoms with Crippen molar-refractivity contribution in [2.75, 3.05) is 38.7 Å². The number of halogens is 1. The van der Waals surface area contributed by atoms with E-state index < -0.39 is 0 Å². The first-order valence-electron chi connectivity index (χ1n) is 11.5. The van der Waals surface area contributed by atoms with E-state index in [1.54, 1.807) is 42.2 Å². The lowest BCUT2D eigenvalue weighted by Gasteiger charge is -2.13. The Morgan fingerprint density at radius 2 is 2.17 bits per heavy atom. The maximum absolute atomic E-state index is 12.7. The number of hydrogen-bond donors (Lipinski definition) is 3. The van der Waals surface area contributed by atoms with Crippen LogP contribution in [0.25, 0.3) is 31.9 Å². The Kier molecular flexibility index (Phi) is 7.72. The van der Waals surface area contributed by atoms with Gasteiger partial charge in [-0.1, -0.05) is 17.7 Å². The predicted molar refractivity (Wildman–Crippen MR) is 145 cm³/mol. The number of hydrogen-bond acceptors (Lipinski definition) is 8. The van der Waals surface area contributed by atoms with E-state index >= 15 is 0 Å². The molecule has 7 nitrogen and oxygen atoms in total. The summed E-state index contributed by atoms with van der Waals surface area (Å²) in [4.78, 5) is 23.0. The van der Waals surface area contributed by atoms with Crippen LogP contribution in [-0.2, 0) is 22.5 Å². The molecule has 1 aliphatic rings. The minimum absolute atomic E-state index is 0.00144. The van der Waals surface area contributed by atoms with E-state index in [4.69, 9.17) is 21.3 Å². The molecule has 0 aliphatic carbocycles. The van der Waals surface area contributed by atoms with Crippen molar-refractivity contribution in [1.82, 2.24) is 20.6 Å². The third-order valence-corrected chi connectivity index (χ3v) is 8.36. The fourth-order valence-corrected chi connectivity index (χ4v) is 6.76. The Hall–Kier alpha value is -2.40. The maximum atomic E-state index is 12.7. The Morgan fingerprint density at radius 1 is 1.26 bits per heavy atom. The van der Waals surface area contributed by atoms with Crippen LogP contribution >= 0.6 is 34.3 Å². The zero-order chi connectivity index (χ0) is 24.2. The van der Waals surface area contributed by atoms with Gasteiger partial charge < -0.3 is 20.7 Å². The number of amides is 1. The molecule has 0 spiro atoms. The monoisotopic (exact) mass is 527 g/mol. The van der Waals surface area contributed by atoms with Crippen molar-refractivity contribution in [3.8, 4) is 21.7 Å². The molecule has 0 saturated heterocycles. The number of nitrogens with one attached hydrogen (secondary N) is 3. The van der Waals surface area contributed by atoms with Gasteiger partial charge in [-0.15, -0.1) is 22.7 Å². The minimum Gasteiger partial charge on any atom is -0.383 e. The van der Waals surface area contributed by atoms with E-state index in [1.807, 2.05) is 18.2 Å². The molecule has 0 bridgehead atoms. The summed E-state index contributed by atoms with van der Waals surface area (Å²) in [7, 11) is 1.67. The summed E-state index contributed by atoms with van der Waals surface area (Å²) in [5.41, 5.74) is 5.28. The number of nitrogens with zero attached hydrogens (tertiary/aromatic N) is 2. The highest BCUT2D eigenvalue weighted by molar-refractivity contribution is 7.23. The number of thiazole rings is 1. The normalized spacial score (nSPS) is 13.2. The molecule has 3 N–H and O–H groups in total. The SMILES string of the molecule is COCCNCCC(=O)Nc1sc2c(c1-c1nc3ccc(-c4ccncc4Cl)cc3s1)CCNC2. The van der Waals surface area contributed by atoms with Gasteiger partial charge >= 0.3 is 0 Å². The summed E-state index contributed by atoms with van der Waals surface area (Å²) < 4.78 is 6.12. The first-order valence-corrected chi connectivity index (χ1v) is 13.5. The van der Waals surface area contributed by atoms with Crippen LogP contribution < -0.4 is 16.0 Å². The van der Waals surface area contributed by atoms with Gasteiger partial charge in [-0.3, -0.25) is 9.78 Å². The molecule has 35 heavy (non-hydrogen) atoms. The quantitative estimate of drug-likeness (QED) is 0.267. The zero-order valence-electron chi connectivity index (χ0n) is 19.3. The van der Waals surface area contributed by atoms with Gasteiger partial charge in [0.25, 0.3) is 0 Å². The van der Waals surface area contributed by atoms with Crippen molar-refractivity contribution in [3.63, 3.8) is 0 Å². The average molecular weight is 528 g/mol.